The van der Waals surface area contributed by atoms with Crippen molar-refractivity contribution in [2.45, 2.75) is 12.6 Å². The zero-order valence-electron chi connectivity index (χ0n) is 21.7. The lowest BCUT2D eigenvalue weighted by Crippen LogP contribution is -2.29. The van der Waals surface area contributed by atoms with Crippen LogP contribution < -0.4 is 19.1 Å². The highest BCUT2D eigenvalue weighted by Gasteiger charge is 2.48. The summed E-state index contributed by atoms with van der Waals surface area (Å²) in [5, 5.41) is 11.7. The molecular weight excluding hydrogens is 532 g/mol. The van der Waals surface area contributed by atoms with Gasteiger partial charge in [0, 0.05) is 18.0 Å². The third-order valence-corrected chi connectivity index (χ3v) is 6.80. The molecule has 1 aromatic heterocycles. The standard InChI is InChI=1S/C31H25ClN2O6/c1-38-25-17-26(39-2)23(32)16-22(25)29(35)27-28(24-10-6-7-15-33-24)34(31(37)30(27)36)20-11-13-21(14-12-20)40-18-19-8-4-3-5-9-19/h3-17,28,35H,18H2,1-2H3/b29-27+. The number of nitrogens with zero attached hydrogens (tertiary/aromatic N) is 2. The number of amides is 1. The fourth-order valence-electron chi connectivity index (χ4n) is 4.55. The maximum absolute atomic E-state index is 13.5. The van der Waals surface area contributed by atoms with Crippen LogP contribution in [0.3, 0.4) is 0 Å². The Kier molecular flexibility index (Phi) is 7.70. The zero-order chi connectivity index (χ0) is 28.2. The van der Waals surface area contributed by atoms with Gasteiger partial charge in [-0.05, 0) is 48.0 Å². The Morgan fingerprint density at radius 2 is 1.62 bits per heavy atom. The van der Waals surface area contributed by atoms with E-state index in [0.717, 1.165) is 5.56 Å². The molecule has 1 saturated heterocycles. The molecular formula is C31H25ClN2O6. The molecule has 1 fully saturated rings. The highest BCUT2D eigenvalue weighted by atomic mass is 35.5. The Morgan fingerprint density at radius 3 is 2.27 bits per heavy atom. The average Bonchev–Trinajstić information content (AvgIpc) is 3.26. The second-order valence-electron chi connectivity index (χ2n) is 8.88. The van der Waals surface area contributed by atoms with Gasteiger partial charge in [0.2, 0.25) is 0 Å². The molecule has 4 aromatic rings. The fraction of sp³-hybridized carbons (Fsp3) is 0.129. The summed E-state index contributed by atoms with van der Waals surface area (Å²) in [5.74, 6) is -0.992. The van der Waals surface area contributed by atoms with E-state index in [2.05, 4.69) is 4.98 Å². The van der Waals surface area contributed by atoms with Crippen molar-refractivity contribution in [2.24, 2.45) is 0 Å². The molecule has 0 saturated carbocycles. The van der Waals surface area contributed by atoms with Gasteiger partial charge in [0.15, 0.2) is 0 Å². The molecule has 40 heavy (non-hydrogen) atoms. The molecule has 1 amide bonds. The maximum atomic E-state index is 13.5. The van der Waals surface area contributed by atoms with Crippen molar-refractivity contribution in [3.05, 3.63) is 119 Å². The number of Topliss-reactive ketones (excluding diaryl/α,β-unsaturated/α-hetero) is 1. The van der Waals surface area contributed by atoms with Crippen LogP contribution in [0, 0.1) is 0 Å². The summed E-state index contributed by atoms with van der Waals surface area (Å²) in [7, 11) is 2.86. The third-order valence-electron chi connectivity index (χ3n) is 6.50. The second kappa shape index (κ2) is 11.5. The van der Waals surface area contributed by atoms with Gasteiger partial charge in [0.05, 0.1) is 36.1 Å². The van der Waals surface area contributed by atoms with Crippen LogP contribution in [0.15, 0.2) is 96.7 Å². The first kappa shape index (κ1) is 26.8. The summed E-state index contributed by atoms with van der Waals surface area (Å²) in [6.07, 6.45) is 1.56. The minimum atomic E-state index is -1.01. The van der Waals surface area contributed by atoms with Gasteiger partial charge in [-0.25, -0.2) is 0 Å². The summed E-state index contributed by atoms with van der Waals surface area (Å²) in [6.45, 7) is 0.380. The number of carbonyl (C=O) groups excluding carboxylic acids is 2. The van der Waals surface area contributed by atoms with E-state index in [-0.39, 0.29) is 21.9 Å². The number of carbonyl (C=O) groups is 2. The van der Waals surface area contributed by atoms with Crippen molar-refractivity contribution in [1.82, 2.24) is 4.98 Å². The van der Waals surface area contributed by atoms with Crippen LogP contribution in [0.25, 0.3) is 5.76 Å². The monoisotopic (exact) mass is 556 g/mol. The first-order valence-electron chi connectivity index (χ1n) is 12.3. The highest BCUT2D eigenvalue weighted by Crippen LogP contribution is 2.44. The van der Waals surface area contributed by atoms with Gasteiger partial charge in [-0.1, -0.05) is 48.0 Å². The summed E-state index contributed by atoms with van der Waals surface area (Å²) in [5.41, 5.74) is 1.83. The molecule has 8 nitrogen and oxygen atoms in total. The largest absolute Gasteiger partial charge is 0.507 e. The summed E-state index contributed by atoms with van der Waals surface area (Å²) < 4.78 is 16.6. The third kappa shape index (κ3) is 5.09. The minimum absolute atomic E-state index is 0.136. The Hall–Kier alpha value is -4.82. The van der Waals surface area contributed by atoms with Crippen molar-refractivity contribution >= 4 is 34.7 Å². The Morgan fingerprint density at radius 1 is 0.925 bits per heavy atom. The van der Waals surface area contributed by atoms with E-state index in [1.807, 2.05) is 30.3 Å². The molecule has 0 spiro atoms. The summed E-state index contributed by atoms with van der Waals surface area (Å²) in [6, 6.07) is 23.6. The molecule has 0 aliphatic carbocycles. The van der Waals surface area contributed by atoms with E-state index in [0.29, 0.717) is 29.5 Å². The van der Waals surface area contributed by atoms with Gasteiger partial charge >= 0.3 is 0 Å². The molecule has 2 heterocycles. The van der Waals surface area contributed by atoms with Gasteiger partial charge < -0.3 is 19.3 Å². The number of aliphatic hydroxyl groups excluding tert-OH is 1. The Labute approximate surface area is 236 Å². The van der Waals surface area contributed by atoms with Gasteiger partial charge in [0.25, 0.3) is 11.7 Å². The highest BCUT2D eigenvalue weighted by molar-refractivity contribution is 6.51. The number of methoxy groups -OCH3 is 2. The SMILES string of the molecule is COc1cc(OC)c(/C(O)=C2\C(=O)C(=O)N(c3ccc(OCc4ccccc4)cc3)C2c2ccccn2)cc1Cl. The molecule has 5 rings (SSSR count). The molecule has 202 valence electrons. The maximum Gasteiger partial charge on any atom is 0.300 e. The number of hydrogen-bond acceptors (Lipinski definition) is 7. The molecule has 9 heteroatoms. The van der Waals surface area contributed by atoms with Gasteiger partial charge in [-0.15, -0.1) is 0 Å². The number of ether oxygens (including phenoxy) is 3. The first-order valence-corrected chi connectivity index (χ1v) is 12.7. The van der Waals surface area contributed by atoms with Gasteiger partial charge in [-0.2, -0.15) is 0 Å². The van der Waals surface area contributed by atoms with Crippen LogP contribution in [-0.2, 0) is 16.2 Å². The molecule has 0 bridgehead atoms. The molecule has 1 aliphatic rings. The lowest BCUT2D eigenvalue weighted by atomic mass is 9.97. The number of halogens is 1. The number of hydrogen-bond donors (Lipinski definition) is 1. The number of anilines is 1. The average molecular weight is 557 g/mol. The minimum Gasteiger partial charge on any atom is -0.507 e. The number of pyridine rings is 1. The number of aliphatic hydroxyl groups is 1. The van der Waals surface area contributed by atoms with Crippen LogP contribution in [0.1, 0.15) is 22.9 Å². The molecule has 1 unspecified atom stereocenters. The molecule has 1 N–H and O–H groups in total. The van der Waals surface area contributed by atoms with Crippen LogP contribution >= 0.6 is 11.6 Å². The van der Waals surface area contributed by atoms with E-state index < -0.39 is 23.5 Å². The zero-order valence-corrected chi connectivity index (χ0v) is 22.5. The smallest absolute Gasteiger partial charge is 0.300 e. The molecule has 1 aliphatic heterocycles. The number of benzene rings is 3. The van der Waals surface area contributed by atoms with Crippen LogP contribution in [0.2, 0.25) is 5.02 Å². The van der Waals surface area contributed by atoms with Crippen LogP contribution in [-0.4, -0.2) is 36.0 Å². The lowest BCUT2D eigenvalue weighted by Gasteiger charge is -2.25. The van der Waals surface area contributed by atoms with Crippen molar-refractivity contribution < 1.29 is 28.9 Å². The predicted molar refractivity (Wildman–Crippen MR) is 151 cm³/mol. The van der Waals surface area contributed by atoms with E-state index >= 15 is 0 Å². The normalized spacial score (nSPS) is 16.2. The van der Waals surface area contributed by atoms with Gasteiger partial charge in [0.1, 0.15) is 35.7 Å². The van der Waals surface area contributed by atoms with Crippen molar-refractivity contribution in [2.75, 3.05) is 19.1 Å². The molecule has 3 aromatic carbocycles. The number of ketones is 1. The number of aromatic nitrogens is 1. The molecule has 1 atom stereocenters. The van der Waals surface area contributed by atoms with E-state index in [1.165, 1.54) is 31.3 Å². The van der Waals surface area contributed by atoms with Crippen molar-refractivity contribution in [3.63, 3.8) is 0 Å². The summed E-state index contributed by atoms with van der Waals surface area (Å²) >= 11 is 6.33. The number of rotatable bonds is 8. The second-order valence-corrected chi connectivity index (χ2v) is 9.29. The van der Waals surface area contributed by atoms with Crippen LogP contribution in [0.4, 0.5) is 5.69 Å². The van der Waals surface area contributed by atoms with Crippen molar-refractivity contribution in [3.8, 4) is 17.2 Å². The van der Waals surface area contributed by atoms with Crippen molar-refractivity contribution in [1.29, 1.82) is 0 Å². The quantitative estimate of drug-likeness (QED) is 0.162. The Balaban J connectivity index is 1.56. The van der Waals surface area contributed by atoms with E-state index in [1.54, 1.807) is 48.7 Å². The van der Waals surface area contributed by atoms with E-state index in [9.17, 15) is 14.7 Å². The summed E-state index contributed by atoms with van der Waals surface area (Å²) in [4.78, 5) is 32.6. The van der Waals surface area contributed by atoms with E-state index in [4.69, 9.17) is 25.8 Å². The fourth-order valence-corrected chi connectivity index (χ4v) is 4.79. The van der Waals surface area contributed by atoms with Gasteiger partial charge in [-0.3, -0.25) is 19.5 Å². The topological polar surface area (TPSA) is 98.2 Å². The van der Waals surface area contributed by atoms with Crippen LogP contribution in [0.5, 0.6) is 17.2 Å². The predicted octanol–water partition coefficient (Wildman–Crippen LogP) is 5.96. The first-order chi connectivity index (χ1) is 19.4. The lowest BCUT2D eigenvalue weighted by molar-refractivity contribution is -0.132. The Bertz CT molecular complexity index is 1570. The molecule has 0 radical (unpaired) electrons.